The van der Waals surface area contributed by atoms with Crippen LogP contribution in [0.2, 0.25) is 0 Å². The lowest BCUT2D eigenvalue weighted by Gasteiger charge is -2.54. The van der Waals surface area contributed by atoms with E-state index >= 15 is 0 Å². The Bertz CT molecular complexity index is 595. The summed E-state index contributed by atoms with van der Waals surface area (Å²) in [4.78, 5) is 11.8. The summed E-state index contributed by atoms with van der Waals surface area (Å²) in [7, 11) is 0. The van der Waals surface area contributed by atoms with Crippen molar-refractivity contribution in [3.63, 3.8) is 0 Å². The average Bonchev–Trinajstić information content (AvgIpc) is 3.14. The molecule has 0 aromatic heterocycles. The van der Waals surface area contributed by atoms with Crippen molar-refractivity contribution in [1.82, 2.24) is 0 Å². The molecule has 1 saturated heterocycles. The molecule has 0 radical (unpaired) electrons. The van der Waals surface area contributed by atoms with Crippen LogP contribution in [0.3, 0.4) is 0 Å². The summed E-state index contributed by atoms with van der Waals surface area (Å²) in [6.07, 6.45) is 16.4. The Balaban J connectivity index is 1.51. The maximum atomic E-state index is 11.8. The highest BCUT2D eigenvalue weighted by Crippen LogP contribution is 2.66. The second kappa shape index (κ2) is 4.81. The van der Waals surface area contributed by atoms with Gasteiger partial charge in [0.15, 0.2) is 5.78 Å². The first kappa shape index (κ1) is 14.5. The molecule has 1 spiro atoms. The van der Waals surface area contributed by atoms with Gasteiger partial charge in [0.1, 0.15) is 0 Å². The average molecular weight is 312 g/mol. The Kier molecular flexibility index (Phi) is 3.03. The second-order valence-corrected chi connectivity index (χ2v) is 8.90. The molecule has 0 N–H and O–H groups in total. The fraction of sp³-hybridized carbons (Fsp3) is 0.762. The summed E-state index contributed by atoms with van der Waals surface area (Å²) in [6, 6.07) is 0. The van der Waals surface area contributed by atoms with Crippen LogP contribution in [0.25, 0.3) is 0 Å². The lowest BCUT2D eigenvalue weighted by molar-refractivity contribution is -0.120. The van der Waals surface area contributed by atoms with E-state index in [1.165, 1.54) is 44.1 Å². The van der Waals surface area contributed by atoms with Crippen LogP contribution in [0.15, 0.2) is 23.8 Å². The van der Waals surface area contributed by atoms with E-state index in [0.717, 1.165) is 31.3 Å². The van der Waals surface area contributed by atoms with Crippen LogP contribution < -0.4 is 0 Å². The molecule has 2 heteroatoms. The third kappa shape index (κ3) is 1.82. The number of carbonyl (C=O) groups excluding carboxylic acids is 1. The van der Waals surface area contributed by atoms with E-state index in [0.29, 0.717) is 23.0 Å². The standard InChI is InChI=1S/C21H28O2/c1-20-10-7-17-16-6-4-15(22)13-14(16)3-5-18(17)19(20)8-11-21(20)9-2-12-23-21/h3,5,13,16-19H,2,4,6-12H2,1H3/t16-,17?,18?,19?,20-,21-/m0/s1. The van der Waals surface area contributed by atoms with Crippen LogP contribution in [0.1, 0.15) is 58.3 Å². The van der Waals surface area contributed by atoms with Crippen molar-refractivity contribution in [2.75, 3.05) is 6.61 Å². The van der Waals surface area contributed by atoms with Crippen LogP contribution in [-0.4, -0.2) is 18.0 Å². The third-order valence-electron chi connectivity index (χ3n) is 8.26. The van der Waals surface area contributed by atoms with E-state index in [1.807, 2.05) is 6.08 Å². The normalized spacial score (nSPS) is 51.3. The van der Waals surface area contributed by atoms with E-state index in [1.54, 1.807) is 0 Å². The van der Waals surface area contributed by atoms with Crippen LogP contribution in [0.5, 0.6) is 0 Å². The van der Waals surface area contributed by atoms with Gasteiger partial charge in [-0.1, -0.05) is 19.1 Å². The van der Waals surface area contributed by atoms with E-state index in [9.17, 15) is 4.79 Å². The molecule has 5 rings (SSSR count). The molecule has 0 aromatic rings. The third-order valence-corrected chi connectivity index (χ3v) is 8.26. The minimum Gasteiger partial charge on any atom is -0.374 e. The van der Waals surface area contributed by atoms with Gasteiger partial charge in [0.25, 0.3) is 0 Å². The lowest BCUT2D eigenvalue weighted by Crippen LogP contribution is -2.51. The van der Waals surface area contributed by atoms with Gasteiger partial charge in [-0.05, 0) is 85.7 Å². The van der Waals surface area contributed by atoms with E-state index in [4.69, 9.17) is 4.74 Å². The second-order valence-electron chi connectivity index (χ2n) is 8.90. The summed E-state index contributed by atoms with van der Waals surface area (Å²) in [5.74, 6) is 3.25. The highest BCUT2D eigenvalue weighted by atomic mass is 16.5. The quantitative estimate of drug-likeness (QED) is 0.660. The van der Waals surface area contributed by atoms with Gasteiger partial charge >= 0.3 is 0 Å². The summed E-state index contributed by atoms with van der Waals surface area (Å²) in [5.41, 5.74) is 1.89. The molecule has 3 fully saturated rings. The predicted molar refractivity (Wildman–Crippen MR) is 89.9 cm³/mol. The molecule has 0 aromatic carbocycles. The largest absolute Gasteiger partial charge is 0.374 e. The summed E-state index contributed by atoms with van der Waals surface area (Å²) >= 11 is 0. The van der Waals surface area contributed by atoms with Crippen LogP contribution in [0.4, 0.5) is 0 Å². The number of rotatable bonds is 0. The number of carbonyl (C=O) groups is 1. The zero-order chi connectivity index (χ0) is 15.7. The van der Waals surface area contributed by atoms with Crippen LogP contribution in [-0.2, 0) is 9.53 Å². The fourth-order valence-electron chi connectivity index (χ4n) is 7.09. The van der Waals surface area contributed by atoms with Gasteiger partial charge in [0, 0.05) is 13.0 Å². The van der Waals surface area contributed by atoms with Crippen molar-refractivity contribution in [3.05, 3.63) is 23.8 Å². The van der Waals surface area contributed by atoms with Crippen molar-refractivity contribution in [3.8, 4) is 0 Å². The first-order valence-electron chi connectivity index (χ1n) is 9.70. The Hall–Kier alpha value is -0.890. The molecule has 6 atom stereocenters. The van der Waals surface area contributed by atoms with Crippen molar-refractivity contribution in [2.45, 2.75) is 63.9 Å². The zero-order valence-electron chi connectivity index (χ0n) is 14.2. The van der Waals surface area contributed by atoms with Crippen molar-refractivity contribution >= 4 is 5.78 Å². The smallest absolute Gasteiger partial charge is 0.155 e. The predicted octanol–water partition coefficient (Wildman–Crippen LogP) is 4.45. The number of ether oxygens (including phenoxy) is 1. The van der Waals surface area contributed by atoms with Gasteiger partial charge < -0.3 is 4.74 Å². The monoisotopic (exact) mass is 312 g/mol. The first-order chi connectivity index (χ1) is 11.1. The van der Waals surface area contributed by atoms with E-state index in [-0.39, 0.29) is 5.60 Å². The van der Waals surface area contributed by atoms with Crippen molar-refractivity contribution in [2.24, 2.45) is 29.1 Å². The Labute approximate surface area is 139 Å². The minimum absolute atomic E-state index is 0.190. The minimum atomic E-state index is 0.190. The lowest BCUT2D eigenvalue weighted by atomic mass is 9.52. The molecule has 2 saturated carbocycles. The number of allylic oxidation sites excluding steroid dienone is 4. The maximum Gasteiger partial charge on any atom is 0.155 e. The van der Waals surface area contributed by atoms with Gasteiger partial charge in [0.2, 0.25) is 0 Å². The Morgan fingerprint density at radius 2 is 2.09 bits per heavy atom. The molecule has 0 amide bonds. The highest BCUT2D eigenvalue weighted by Gasteiger charge is 2.63. The van der Waals surface area contributed by atoms with Crippen molar-refractivity contribution < 1.29 is 9.53 Å². The van der Waals surface area contributed by atoms with Gasteiger partial charge in [-0.2, -0.15) is 0 Å². The molecule has 124 valence electrons. The molecule has 5 aliphatic rings. The summed E-state index contributed by atoms with van der Waals surface area (Å²) < 4.78 is 6.39. The van der Waals surface area contributed by atoms with Crippen LogP contribution in [0, 0.1) is 29.1 Å². The molecule has 0 bridgehead atoms. The molecule has 3 unspecified atom stereocenters. The molecular weight excluding hydrogens is 284 g/mol. The van der Waals surface area contributed by atoms with Gasteiger partial charge in [-0.3, -0.25) is 4.79 Å². The van der Waals surface area contributed by atoms with Gasteiger partial charge in [0.05, 0.1) is 5.60 Å². The van der Waals surface area contributed by atoms with Crippen LogP contribution >= 0.6 is 0 Å². The maximum absolute atomic E-state index is 11.8. The molecule has 1 aliphatic heterocycles. The Morgan fingerprint density at radius 1 is 1.17 bits per heavy atom. The number of ketones is 1. The molecule has 2 nitrogen and oxygen atoms in total. The molecule has 4 aliphatic carbocycles. The highest BCUT2D eigenvalue weighted by molar-refractivity contribution is 5.91. The van der Waals surface area contributed by atoms with Gasteiger partial charge in [-0.15, -0.1) is 0 Å². The number of hydrogen-bond donors (Lipinski definition) is 0. The summed E-state index contributed by atoms with van der Waals surface area (Å²) in [5, 5.41) is 0. The molecule has 1 heterocycles. The molecular formula is C21H28O2. The molecule has 23 heavy (non-hydrogen) atoms. The Morgan fingerprint density at radius 3 is 2.91 bits per heavy atom. The van der Waals surface area contributed by atoms with Crippen molar-refractivity contribution in [1.29, 1.82) is 0 Å². The zero-order valence-corrected chi connectivity index (χ0v) is 14.2. The first-order valence-corrected chi connectivity index (χ1v) is 9.70. The van der Waals surface area contributed by atoms with E-state index in [2.05, 4.69) is 19.1 Å². The topological polar surface area (TPSA) is 26.3 Å². The van der Waals surface area contributed by atoms with E-state index < -0.39 is 0 Å². The number of hydrogen-bond acceptors (Lipinski definition) is 2. The summed E-state index contributed by atoms with van der Waals surface area (Å²) in [6.45, 7) is 3.51. The SMILES string of the molecule is C[C@]12CCC3C(C=CC4=CC(=O)CC[C@@H]43)C1CC[C@@]21CCCO1. The number of fused-ring (bicyclic) bond motifs is 6. The van der Waals surface area contributed by atoms with Gasteiger partial charge in [-0.25, -0.2) is 0 Å². The fourth-order valence-corrected chi connectivity index (χ4v) is 7.09.